The van der Waals surface area contributed by atoms with E-state index < -0.39 is 0 Å². The van der Waals surface area contributed by atoms with Crippen molar-refractivity contribution < 1.29 is 13.9 Å². The van der Waals surface area contributed by atoms with Crippen LogP contribution in [0.4, 0.5) is 0 Å². The lowest BCUT2D eigenvalue weighted by atomic mass is 10.2. The molecule has 0 radical (unpaired) electrons. The highest BCUT2D eigenvalue weighted by molar-refractivity contribution is 5.31. The number of benzene rings is 1. The van der Waals surface area contributed by atoms with E-state index in [1.54, 1.807) is 7.11 Å². The smallest absolute Gasteiger partial charge is 0.232 e. The summed E-state index contributed by atoms with van der Waals surface area (Å²) in [4.78, 5) is 4.42. The highest BCUT2D eigenvalue weighted by Crippen LogP contribution is 2.19. The SMILES string of the molecule is COc1ccc(OCc2nc3c(o2)CCNC3)cc1. The molecule has 1 aliphatic heterocycles. The van der Waals surface area contributed by atoms with Crippen LogP contribution >= 0.6 is 0 Å². The zero-order valence-corrected chi connectivity index (χ0v) is 10.8. The predicted octanol–water partition coefficient (Wildman–Crippen LogP) is 1.91. The minimum absolute atomic E-state index is 0.347. The molecular weight excluding hydrogens is 244 g/mol. The molecule has 1 aromatic carbocycles. The van der Waals surface area contributed by atoms with Crippen molar-refractivity contribution in [3.63, 3.8) is 0 Å². The molecule has 0 spiro atoms. The third-order valence-corrected chi connectivity index (χ3v) is 3.07. The first-order chi connectivity index (χ1) is 9.35. The molecule has 2 aromatic rings. The number of hydrogen-bond donors (Lipinski definition) is 1. The summed E-state index contributed by atoms with van der Waals surface area (Å²) in [5.41, 5.74) is 1.000. The van der Waals surface area contributed by atoms with Crippen LogP contribution in [0, 0.1) is 0 Å². The molecule has 1 N–H and O–H groups in total. The Morgan fingerprint density at radius 1 is 1.26 bits per heavy atom. The zero-order valence-electron chi connectivity index (χ0n) is 10.8. The molecule has 5 heteroatoms. The van der Waals surface area contributed by atoms with Crippen LogP contribution in [0.1, 0.15) is 17.3 Å². The summed E-state index contributed by atoms with van der Waals surface area (Å²) in [5, 5.41) is 3.26. The molecule has 0 amide bonds. The van der Waals surface area contributed by atoms with Gasteiger partial charge in [0.05, 0.1) is 12.8 Å². The van der Waals surface area contributed by atoms with Gasteiger partial charge in [0.25, 0.3) is 0 Å². The monoisotopic (exact) mass is 260 g/mol. The van der Waals surface area contributed by atoms with Crippen molar-refractivity contribution in [3.8, 4) is 11.5 Å². The van der Waals surface area contributed by atoms with E-state index in [4.69, 9.17) is 13.9 Å². The van der Waals surface area contributed by atoms with Crippen molar-refractivity contribution in [2.45, 2.75) is 19.6 Å². The third kappa shape index (κ3) is 2.71. The summed E-state index contributed by atoms with van der Waals surface area (Å²) >= 11 is 0. The standard InChI is InChI=1S/C14H16N2O3/c1-17-10-2-4-11(5-3-10)18-9-14-16-12-8-15-7-6-13(12)19-14/h2-5,15H,6-9H2,1H3. The maximum Gasteiger partial charge on any atom is 0.232 e. The van der Waals surface area contributed by atoms with Crippen molar-refractivity contribution >= 4 is 0 Å². The van der Waals surface area contributed by atoms with E-state index in [9.17, 15) is 0 Å². The van der Waals surface area contributed by atoms with E-state index in [1.807, 2.05) is 24.3 Å². The topological polar surface area (TPSA) is 56.5 Å². The molecule has 0 atom stereocenters. The first-order valence-electron chi connectivity index (χ1n) is 6.30. The van der Waals surface area contributed by atoms with E-state index >= 15 is 0 Å². The predicted molar refractivity (Wildman–Crippen MR) is 69.2 cm³/mol. The van der Waals surface area contributed by atoms with Crippen molar-refractivity contribution in [2.24, 2.45) is 0 Å². The van der Waals surface area contributed by atoms with Crippen LogP contribution in [-0.4, -0.2) is 18.6 Å². The van der Waals surface area contributed by atoms with Crippen molar-refractivity contribution in [1.82, 2.24) is 10.3 Å². The number of fused-ring (bicyclic) bond motifs is 1. The lowest BCUT2D eigenvalue weighted by Gasteiger charge is -2.08. The maximum absolute atomic E-state index is 5.67. The normalized spacial score (nSPS) is 13.9. The van der Waals surface area contributed by atoms with Gasteiger partial charge in [0.2, 0.25) is 5.89 Å². The number of ether oxygens (including phenoxy) is 2. The first-order valence-corrected chi connectivity index (χ1v) is 6.30. The van der Waals surface area contributed by atoms with Gasteiger partial charge in [-0.3, -0.25) is 0 Å². The van der Waals surface area contributed by atoms with E-state index in [0.717, 1.165) is 42.5 Å². The van der Waals surface area contributed by atoms with Gasteiger partial charge < -0.3 is 19.2 Å². The highest BCUT2D eigenvalue weighted by atomic mass is 16.5. The number of aromatic nitrogens is 1. The van der Waals surface area contributed by atoms with E-state index in [1.165, 1.54) is 0 Å². The maximum atomic E-state index is 5.67. The Bertz CT molecular complexity index is 525. The molecule has 5 nitrogen and oxygen atoms in total. The highest BCUT2D eigenvalue weighted by Gasteiger charge is 2.16. The summed E-state index contributed by atoms with van der Waals surface area (Å²) in [6.45, 7) is 2.07. The van der Waals surface area contributed by atoms with Gasteiger partial charge in [-0.1, -0.05) is 0 Å². The summed E-state index contributed by atoms with van der Waals surface area (Å²) in [6.07, 6.45) is 0.894. The minimum atomic E-state index is 0.347. The van der Waals surface area contributed by atoms with Crippen molar-refractivity contribution in [1.29, 1.82) is 0 Å². The summed E-state index contributed by atoms with van der Waals surface area (Å²) in [6, 6.07) is 7.45. The van der Waals surface area contributed by atoms with Gasteiger partial charge in [-0.15, -0.1) is 0 Å². The average molecular weight is 260 g/mol. The summed E-state index contributed by atoms with van der Waals surface area (Å²) < 4.78 is 16.4. The fourth-order valence-corrected chi connectivity index (χ4v) is 2.06. The fourth-order valence-electron chi connectivity index (χ4n) is 2.06. The van der Waals surface area contributed by atoms with Crippen LogP contribution in [0.15, 0.2) is 28.7 Å². The molecule has 19 heavy (non-hydrogen) atoms. The van der Waals surface area contributed by atoms with Crippen LogP contribution in [0.2, 0.25) is 0 Å². The largest absolute Gasteiger partial charge is 0.497 e. The molecule has 1 aromatic heterocycles. The number of nitrogens with one attached hydrogen (secondary N) is 1. The third-order valence-electron chi connectivity index (χ3n) is 3.07. The van der Waals surface area contributed by atoms with E-state index in [2.05, 4.69) is 10.3 Å². The number of oxazole rings is 1. The number of rotatable bonds is 4. The van der Waals surface area contributed by atoms with Gasteiger partial charge in [0.1, 0.15) is 17.3 Å². The van der Waals surface area contributed by atoms with E-state index in [0.29, 0.717) is 12.5 Å². The molecule has 1 aliphatic rings. The number of nitrogens with zero attached hydrogens (tertiary/aromatic N) is 1. The molecule has 0 saturated carbocycles. The van der Waals surface area contributed by atoms with Gasteiger partial charge in [-0.25, -0.2) is 4.98 Å². The minimum Gasteiger partial charge on any atom is -0.497 e. The fraction of sp³-hybridized carbons (Fsp3) is 0.357. The quantitative estimate of drug-likeness (QED) is 0.910. The Kier molecular flexibility index (Phi) is 3.37. The molecule has 0 saturated heterocycles. The summed E-state index contributed by atoms with van der Waals surface area (Å²) in [5.74, 6) is 3.19. The Morgan fingerprint density at radius 3 is 2.79 bits per heavy atom. The van der Waals surface area contributed by atoms with Crippen molar-refractivity contribution in [2.75, 3.05) is 13.7 Å². The molecular formula is C14H16N2O3. The molecule has 0 unspecified atom stereocenters. The number of methoxy groups -OCH3 is 1. The van der Waals surface area contributed by atoms with Crippen LogP contribution in [0.25, 0.3) is 0 Å². The molecule has 0 bridgehead atoms. The molecule has 3 rings (SSSR count). The molecule has 100 valence electrons. The van der Waals surface area contributed by atoms with Crippen LogP contribution in [-0.2, 0) is 19.6 Å². The van der Waals surface area contributed by atoms with Crippen LogP contribution < -0.4 is 14.8 Å². The molecule has 2 heterocycles. The lowest BCUT2D eigenvalue weighted by Crippen LogP contribution is -2.22. The van der Waals surface area contributed by atoms with Gasteiger partial charge in [-0.2, -0.15) is 0 Å². The Morgan fingerprint density at radius 2 is 2.05 bits per heavy atom. The number of hydrogen-bond acceptors (Lipinski definition) is 5. The van der Waals surface area contributed by atoms with Crippen LogP contribution in [0.5, 0.6) is 11.5 Å². The second-order valence-corrected chi connectivity index (χ2v) is 4.37. The summed E-state index contributed by atoms with van der Waals surface area (Å²) in [7, 11) is 1.64. The Balaban J connectivity index is 1.63. The Hall–Kier alpha value is -2.01. The van der Waals surface area contributed by atoms with Crippen LogP contribution in [0.3, 0.4) is 0 Å². The first kappa shape index (κ1) is 12.0. The second kappa shape index (κ2) is 5.32. The Labute approximate surface area is 111 Å². The zero-order chi connectivity index (χ0) is 13.1. The van der Waals surface area contributed by atoms with Crippen molar-refractivity contribution in [3.05, 3.63) is 41.6 Å². The lowest BCUT2D eigenvalue weighted by molar-refractivity contribution is 0.258. The van der Waals surface area contributed by atoms with Gasteiger partial charge >= 0.3 is 0 Å². The van der Waals surface area contributed by atoms with Gasteiger partial charge in [0, 0.05) is 19.5 Å². The van der Waals surface area contributed by atoms with Gasteiger partial charge in [-0.05, 0) is 24.3 Å². The van der Waals surface area contributed by atoms with Gasteiger partial charge in [0.15, 0.2) is 6.61 Å². The van der Waals surface area contributed by atoms with E-state index in [-0.39, 0.29) is 0 Å². The second-order valence-electron chi connectivity index (χ2n) is 4.37. The molecule has 0 aliphatic carbocycles. The molecule has 0 fully saturated rings. The average Bonchev–Trinajstić information content (AvgIpc) is 2.88.